The fourth-order valence-electron chi connectivity index (χ4n) is 2.55. The molecule has 1 aromatic carbocycles. The molecule has 0 bridgehead atoms. The Kier molecular flexibility index (Phi) is 3.73. The summed E-state index contributed by atoms with van der Waals surface area (Å²) in [5, 5.41) is 11.6. The number of nitrogens with one attached hydrogen (secondary N) is 1. The molecule has 0 aliphatic rings. The van der Waals surface area contributed by atoms with Gasteiger partial charge in [-0.1, -0.05) is 12.1 Å². The average molecular weight is 309 g/mol. The standard InChI is InChI=1S/C17H19N5O/c1-11-9-12(2)22(20-11)16-8-6-5-7-15(16)19-17(23)14-10-18-21(4)13(14)3/h5-10H,1-4H3,(H,19,23). The fraction of sp³-hybridized carbons (Fsp3) is 0.235. The van der Waals surface area contributed by atoms with Crippen LogP contribution in [0.25, 0.3) is 5.69 Å². The predicted molar refractivity (Wildman–Crippen MR) is 88.9 cm³/mol. The van der Waals surface area contributed by atoms with Crippen LogP contribution in [0.15, 0.2) is 36.5 Å². The van der Waals surface area contributed by atoms with Crippen molar-refractivity contribution in [3.05, 3.63) is 59.2 Å². The smallest absolute Gasteiger partial charge is 0.259 e. The van der Waals surface area contributed by atoms with Gasteiger partial charge in [-0.15, -0.1) is 0 Å². The highest BCUT2D eigenvalue weighted by atomic mass is 16.1. The fourth-order valence-corrected chi connectivity index (χ4v) is 2.55. The molecule has 6 heteroatoms. The van der Waals surface area contributed by atoms with Crippen LogP contribution in [-0.2, 0) is 7.05 Å². The number of rotatable bonds is 3. The number of benzene rings is 1. The van der Waals surface area contributed by atoms with E-state index in [0.29, 0.717) is 11.3 Å². The summed E-state index contributed by atoms with van der Waals surface area (Å²) in [7, 11) is 1.82. The van der Waals surface area contributed by atoms with Crippen molar-refractivity contribution in [2.75, 3.05) is 5.32 Å². The molecule has 1 N–H and O–H groups in total. The molecule has 3 aromatic rings. The quantitative estimate of drug-likeness (QED) is 0.809. The molecule has 6 nitrogen and oxygen atoms in total. The van der Waals surface area contributed by atoms with Gasteiger partial charge in [0.25, 0.3) is 5.91 Å². The third-order valence-electron chi connectivity index (χ3n) is 3.87. The third-order valence-corrected chi connectivity index (χ3v) is 3.87. The second kappa shape index (κ2) is 5.72. The number of hydrogen-bond acceptors (Lipinski definition) is 3. The number of para-hydroxylation sites is 2. The molecule has 0 saturated carbocycles. The molecule has 0 radical (unpaired) electrons. The number of aromatic nitrogens is 4. The Labute approximate surface area is 134 Å². The first-order chi connectivity index (χ1) is 11.0. The molecule has 0 unspecified atom stereocenters. The summed E-state index contributed by atoms with van der Waals surface area (Å²) in [6.45, 7) is 5.81. The van der Waals surface area contributed by atoms with E-state index in [2.05, 4.69) is 15.5 Å². The number of nitrogens with zero attached hydrogens (tertiary/aromatic N) is 4. The summed E-state index contributed by atoms with van der Waals surface area (Å²) in [6.07, 6.45) is 1.58. The Balaban J connectivity index is 1.97. The maximum Gasteiger partial charge on any atom is 0.259 e. The Morgan fingerprint density at radius 3 is 2.52 bits per heavy atom. The van der Waals surface area contributed by atoms with Crippen LogP contribution in [0.3, 0.4) is 0 Å². The van der Waals surface area contributed by atoms with Gasteiger partial charge in [0.1, 0.15) is 0 Å². The molecule has 2 heterocycles. The number of aryl methyl sites for hydroxylation is 3. The van der Waals surface area contributed by atoms with Crippen molar-refractivity contribution in [1.82, 2.24) is 19.6 Å². The molecule has 0 spiro atoms. The first-order valence-corrected chi connectivity index (χ1v) is 7.40. The van der Waals surface area contributed by atoms with E-state index in [9.17, 15) is 4.79 Å². The molecule has 2 aromatic heterocycles. The van der Waals surface area contributed by atoms with Crippen LogP contribution in [0, 0.1) is 20.8 Å². The minimum absolute atomic E-state index is 0.176. The molecule has 23 heavy (non-hydrogen) atoms. The zero-order valence-corrected chi connectivity index (χ0v) is 13.7. The topological polar surface area (TPSA) is 64.7 Å². The summed E-state index contributed by atoms with van der Waals surface area (Å²) in [5.41, 5.74) is 4.90. The predicted octanol–water partition coefficient (Wildman–Crippen LogP) is 2.78. The first kappa shape index (κ1) is 15.0. The number of carbonyl (C=O) groups is 1. The van der Waals surface area contributed by atoms with Gasteiger partial charge in [0, 0.05) is 18.4 Å². The lowest BCUT2D eigenvalue weighted by atomic mass is 10.2. The summed E-state index contributed by atoms with van der Waals surface area (Å²) >= 11 is 0. The number of carbonyl (C=O) groups excluding carboxylic acids is 1. The van der Waals surface area contributed by atoms with Crippen LogP contribution in [0.1, 0.15) is 27.4 Å². The van der Waals surface area contributed by atoms with E-state index in [1.165, 1.54) is 0 Å². The van der Waals surface area contributed by atoms with E-state index >= 15 is 0 Å². The molecule has 0 fully saturated rings. The summed E-state index contributed by atoms with van der Waals surface area (Å²) in [4.78, 5) is 12.5. The van der Waals surface area contributed by atoms with Gasteiger partial charge in [0.15, 0.2) is 0 Å². The molecule has 0 aliphatic carbocycles. The molecule has 0 atom stereocenters. The van der Waals surface area contributed by atoms with Crippen molar-refractivity contribution in [2.45, 2.75) is 20.8 Å². The molecule has 0 saturated heterocycles. The Hall–Kier alpha value is -2.89. The van der Waals surface area contributed by atoms with Gasteiger partial charge in [-0.2, -0.15) is 10.2 Å². The Bertz CT molecular complexity index is 875. The average Bonchev–Trinajstić information content (AvgIpc) is 3.02. The highest BCUT2D eigenvalue weighted by molar-refractivity contribution is 6.05. The second-order valence-electron chi connectivity index (χ2n) is 5.58. The first-order valence-electron chi connectivity index (χ1n) is 7.40. The van der Waals surface area contributed by atoms with E-state index in [-0.39, 0.29) is 5.91 Å². The lowest BCUT2D eigenvalue weighted by molar-refractivity contribution is 0.102. The molecule has 1 amide bonds. The van der Waals surface area contributed by atoms with Crippen molar-refractivity contribution in [3.8, 4) is 5.69 Å². The van der Waals surface area contributed by atoms with Gasteiger partial charge in [-0.3, -0.25) is 9.48 Å². The molecule has 3 rings (SSSR count). The van der Waals surface area contributed by atoms with Crippen molar-refractivity contribution in [1.29, 1.82) is 0 Å². The number of amides is 1. The van der Waals surface area contributed by atoms with E-state index in [1.807, 2.05) is 62.8 Å². The maximum absolute atomic E-state index is 12.5. The molecular formula is C17H19N5O. The van der Waals surface area contributed by atoms with Gasteiger partial charge in [-0.25, -0.2) is 4.68 Å². The summed E-state index contributed by atoms with van der Waals surface area (Å²) < 4.78 is 3.52. The van der Waals surface area contributed by atoms with Gasteiger partial charge < -0.3 is 5.32 Å². The van der Waals surface area contributed by atoms with Crippen molar-refractivity contribution in [3.63, 3.8) is 0 Å². The maximum atomic E-state index is 12.5. The highest BCUT2D eigenvalue weighted by Crippen LogP contribution is 2.22. The van der Waals surface area contributed by atoms with E-state index in [1.54, 1.807) is 10.9 Å². The van der Waals surface area contributed by atoms with Gasteiger partial charge in [-0.05, 0) is 39.0 Å². The van der Waals surface area contributed by atoms with Gasteiger partial charge in [0.05, 0.1) is 28.8 Å². The Morgan fingerprint density at radius 1 is 1.17 bits per heavy atom. The van der Waals surface area contributed by atoms with Crippen LogP contribution in [0.5, 0.6) is 0 Å². The van der Waals surface area contributed by atoms with Crippen molar-refractivity contribution in [2.24, 2.45) is 7.05 Å². The minimum Gasteiger partial charge on any atom is -0.320 e. The van der Waals surface area contributed by atoms with Crippen LogP contribution in [0.4, 0.5) is 5.69 Å². The third kappa shape index (κ3) is 2.75. The van der Waals surface area contributed by atoms with Crippen molar-refractivity contribution >= 4 is 11.6 Å². The van der Waals surface area contributed by atoms with E-state index in [4.69, 9.17) is 0 Å². The second-order valence-corrected chi connectivity index (χ2v) is 5.58. The zero-order valence-electron chi connectivity index (χ0n) is 13.7. The number of hydrogen-bond donors (Lipinski definition) is 1. The van der Waals surface area contributed by atoms with Crippen LogP contribution < -0.4 is 5.32 Å². The molecule has 118 valence electrons. The lowest BCUT2D eigenvalue weighted by Gasteiger charge is -2.12. The summed E-state index contributed by atoms with van der Waals surface area (Å²) in [6, 6.07) is 9.63. The molecular weight excluding hydrogens is 290 g/mol. The van der Waals surface area contributed by atoms with E-state index in [0.717, 1.165) is 22.8 Å². The monoisotopic (exact) mass is 309 g/mol. The minimum atomic E-state index is -0.176. The van der Waals surface area contributed by atoms with Crippen LogP contribution in [0.2, 0.25) is 0 Å². The normalized spacial score (nSPS) is 10.8. The van der Waals surface area contributed by atoms with Crippen LogP contribution in [-0.4, -0.2) is 25.5 Å². The SMILES string of the molecule is Cc1cc(C)n(-c2ccccc2NC(=O)c2cnn(C)c2C)n1. The molecule has 0 aliphatic heterocycles. The number of anilines is 1. The van der Waals surface area contributed by atoms with Gasteiger partial charge in [0.2, 0.25) is 0 Å². The van der Waals surface area contributed by atoms with Crippen LogP contribution >= 0.6 is 0 Å². The van der Waals surface area contributed by atoms with E-state index < -0.39 is 0 Å². The lowest BCUT2D eigenvalue weighted by Crippen LogP contribution is -2.15. The van der Waals surface area contributed by atoms with Gasteiger partial charge >= 0.3 is 0 Å². The van der Waals surface area contributed by atoms with Crippen molar-refractivity contribution < 1.29 is 4.79 Å². The Morgan fingerprint density at radius 2 is 1.91 bits per heavy atom. The largest absolute Gasteiger partial charge is 0.320 e. The highest BCUT2D eigenvalue weighted by Gasteiger charge is 2.15. The zero-order chi connectivity index (χ0) is 16.6. The summed E-state index contributed by atoms with van der Waals surface area (Å²) in [5.74, 6) is -0.176.